The molecule has 1 aliphatic heterocycles. The summed E-state index contributed by atoms with van der Waals surface area (Å²) in [6.07, 6.45) is 1.27. The van der Waals surface area contributed by atoms with Gasteiger partial charge in [0.15, 0.2) is 0 Å². The number of hydrogen-bond donors (Lipinski definition) is 2. The van der Waals surface area contributed by atoms with Crippen molar-refractivity contribution in [1.82, 2.24) is 0 Å². The topological polar surface area (TPSA) is 82.8 Å². The van der Waals surface area contributed by atoms with E-state index in [1.165, 1.54) is 0 Å². The Morgan fingerprint density at radius 2 is 2.30 bits per heavy atom. The van der Waals surface area contributed by atoms with Gasteiger partial charge >= 0.3 is 0 Å². The second-order valence-corrected chi connectivity index (χ2v) is 4.64. The molecular formula is C14H20N2O4. The highest BCUT2D eigenvalue weighted by atomic mass is 16.6. The molecule has 1 heterocycles. The molecule has 0 bridgehead atoms. The Labute approximate surface area is 118 Å². The fourth-order valence-corrected chi connectivity index (χ4v) is 1.83. The third-order valence-electron chi connectivity index (χ3n) is 3.01. The van der Waals surface area contributed by atoms with E-state index in [0.717, 1.165) is 0 Å². The van der Waals surface area contributed by atoms with Gasteiger partial charge in [-0.2, -0.15) is 0 Å². The van der Waals surface area contributed by atoms with E-state index < -0.39 is 0 Å². The Hall–Kier alpha value is -1.79. The van der Waals surface area contributed by atoms with Crippen molar-refractivity contribution in [2.24, 2.45) is 0 Å². The van der Waals surface area contributed by atoms with Crippen LogP contribution < -0.4 is 15.8 Å². The number of hydrogen-bond acceptors (Lipinski definition) is 5. The van der Waals surface area contributed by atoms with Gasteiger partial charge in [-0.25, -0.2) is 0 Å². The maximum Gasteiger partial charge on any atom is 0.224 e. The molecule has 0 aromatic heterocycles. The zero-order valence-corrected chi connectivity index (χ0v) is 11.6. The monoisotopic (exact) mass is 280 g/mol. The number of methoxy groups -OCH3 is 1. The SMILES string of the molecule is COc1ccc(N)cc1NC(=O)CCCOC1COC1. The van der Waals surface area contributed by atoms with E-state index in [0.29, 0.717) is 49.8 Å². The summed E-state index contributed by atoms with van der Waals surface area (Å²) in [6, 6.07) is 5.13. The van der Waals surface area contributed by atoms with E-state index in [1.807, 2.05) is 0 Å². The summed E-state index contributed by atoms with van der Waals surface area (Å²) in [5.41, 5.74) is 6.86. The molecule has 0 atom stereocenters. The van der Waals surface area contributed by atoms with Gasteiger partial charge in [0.05, 0.1) is 26.0 Å². The van der Waals surface area contributed by atoms with Crippen LogP contribution in [0.2, 0.25) is 0 Å². The van der Waals surface area contributed by atoms with Crippen LogP contribution in [0, 0.1) is 0 Å². The molecule has 1 fully saturated rings. The first-order chi connectivity index (χ1) is 9.69. The number of benzene rings is 1. The standard InChI is InChI=1S/C14H20N2O4/c1-18-13-5-4-10(15)7-12(13)16-14(17)3-2-6-20-11-8-19-9-11/h4-5,7,11H,2-3,6,8-9,15H2,1H3,(H,16,17). The molecule has 110 valence electrons. The Morgan fingerprint density at radius 1 is 1.50 bits per heavy atom. The number of anilines is 2. The van der Waals surface area contributed by atoms with Crippen molar-refractivity contribution in [3.8, 4) is 5.75 Å². The number of nitrogen functional groups attached to an aromatic ring is 1. The fraction of sp³-hybridized carbons (Fsp3) is 0.500. The number of carbonyl (C=O) groups is 1. The van der Waals surface area contributed by atoms with Gasteiger partial charge in [0.1, 0.15) is 11.9 Å². The third-order valence-corrected chi connectivity index (χ3v) is 3.01. The summed E-state index contributed by atoms with van der Waals surface area (Å²) in [6.45, 7) is 1.88. The van der Waals surface area contributed by atoms with Gasteiger partial charge in [-0.05, 0) is 24.6 Å². The van der Waals surface area contributed by atoms with Gasteiger partial charge in [-0.3, -0.25) is 4.79 Å². The maximum atomic E-state index is 11.8. The second kappa shape index (κ2) is 7.12. The van der Waals surface area contributed by atoms with Crippen LogP contribution >= 0.6 is 0 Å². The molecule has 20 heavy (non-hydrogen) atoms. The predicted octanol–water partition coefficient (Wildman–Crippen LogP) is 1.41. The smallest absolute Gasteiger partial charge is 0.224 e. The van der Waals surface area contributed by atoms with E-state index in [9.17, 15) is 4.79 Å². The number of ether oxygens (including phenoxy) is 3. The summed E-state index contributed by atoms with van der Waals surface area (Å²) in [5, 5.41) is 2.79. The summed E-state index contributed by atoms with van der Waals surface area (Å²) >= 11 is 0. The van der Waals surface area contributed by atoms with Crippen LogP contribution in [-0.2, 0) is 14.3 Å². The van der Waals surface area contributed by atoms with Crippen molar-refractivity contribution in [2.75, 3.05) is 38.0 Å². The average Bonchev–Trinajstić information content (AvgIpc) is 2.36. The molecule has 0 radical (unpaired) electrons. The van der Waals surface area contributed by atoms with Crippen LogP contribution in [0.15, 0.2) is 18.2 Å². The molecule has 0 unspecified atom stereocenters. The number of carbonyl (C=O) groups excluding carboxylic acids is 1. The quantitative estimate of drug-likeness (QED) is 0.583. The maximum absolute atomic E-state index is 11.8. The molecule has 0 aliphatic carbocycles. The van der Waals surface area contributed by atoms with Crippen LogP contribution in [0.1, 0.15) is 12.8 Å². The van der Waals surface area contributed by atoms with E-state index in [4.69, 9.17) is 19.9 Å². The number of rotatable bonds is 7. The molecule has 1 aromatic rings. The van der Waals surface area contributed by atoms with Gasteiger partial charge in [-0.15, -0.1) is 0 Å². The zero-order chi connectivity index (χ0) is 14.4. The minimum Gasteiger partial charge on any atom is -0.495 e. The normalized spacial score (nSPS) is 14.7. The second-order valence-electron chi connectivity index (χ2n) is 4.64. The minimum absolute atomic E-state index is 0.0811. The van der Waals surface area contributed by atoms with Crippen LogP contribution in [0.25, 0.3) is 0 Å². The molecule has 6 nitrogen and oxygen atoms in total. The van der Waals surface area contributed by atoms with E-state index in [-0.39, 0.29) is 12.0 Å². The molecule has 6 heteroatoms. The van der Waals surface area contributed by atoms with Gasteiger partial charge in [-0.1, -0.05) is 0 Å². The van der Waals surface area contributed by atoms with Crippen molar-refractivity contribution in [2.45, 2.75) is 18.9 Å². The lowest BCUT2D eigenvalue weighted by atomic mass is 10.2. The number of nitrogens with one attached hydrogen (secondary N) is 1. The Morgan fingerprint density at radius 3 is 2.95 bits per heavy atom. The summed E-state index contributed by atoms with van der Waals surface area (Å²) in [7, 11) is 1.55. The predicted molar refractivity (Wildman–Crippen MR) is 75.8 cm³/mol. The van der Waals surface area contributed by atoms with Gasteiger partial charge in [0, 0.05) is 18.7 Å². The van der Waals surface area contributed by atoms with Crippen LogP contribution in [-0.4, -0.2) is 38.9 Å². The van der Waals surface area contributed by atoms with Gasteiger partial charge in [0.2, 0.25) is 5.91 Å². The zero-order valence-electron chi connectivity index (χ0n) is 11.6. The first-order valence-corrected chi connectivity index (χ1v) is 6.61. The molecule has 0 saturated carbocycles. The third kappa shape index (κ3) is 4.11. The molecule has 1 saturated heterocycles. The Bertz CT molecular complexity index is 460. The number of nitrogens with two attached hydrogens (primary N) is 1. The molecule has 1 aliphatic rings. The van der Waals surface area contributed by atoms with E-state index in [2.05, 4.69) is 5.32 Å². The molecule has 2 rings (SSSR count). The van der Waals surface area contributed by atoms with Crippen molar-refractivity contribution in [3.63, 3.8) is 0 Å². The van der Waals surface area contributed by atoms with Crippen molar-refractivity contribution < 1.29 is 19.0 Å². The van der Waals surface area contributed by atoms with Gasteiger partial charge < -0.3 is 25.3 Å². The summed E-state index contributed by atoms with van der Waals surface area (Å²) < 4.78 is 15.7. The highest BCUT2D eigenvalue weighted by molar-refractivity contribution is 5.92. The fourth-order valence-electron chi connectivity index (χ4n) is 1.83. The lowest BCUT2D eigenvalue weighted by Crippen LogP contribution is -2.36. The molecule has 1 aromatic carbocycles. The first-order valence-electron chi connectivity index (χ1n) is 6.61. The van der Waals surface area contributed by atoms with Crippen LogP contribution in [0.5, 0.6) is 5.75 Å². The van der Waals surface area contributed by atoms with Crippen molar-refractivity contribution >= 4 is 17.3 Å². The Kier molecular flexibility index (Phi) is 5.20. The van der Waals surface area contributed by atoms with E-state index >= 15 is 0 Å². The molecule has 0 spiro atoms. The highest BCUT2D eigenvalue weighted by Gasteiger charge is 2.18. The highest BCUT2D eigenvalue weighted by Crippen LogP contribution is 2.26. The minimum atomic E-state index is -0.0811. The molecule has 3 N–H and O–H groups in total. The van der Waals surface area contributed by atoms with Crippen molar-refractivity contribution in [1.29, 1.82) is 0 Å². The largest absolute Gasteiger partial charge is 0.495 e. The summed E-state index contributed by atoms with van der Waals surface area (Å²) in [5.74, 6) is 0.512. The van der Waals surface area contributed by atoms with Crippen molar-refractivity contribution in [3.05, 3.63) is 18.2 Å². The number of amides is 1. The van der Waals surface area contributed by atoms with Crippen LogP contribution in [0.3, 0.4) is 0 Å². The lowest BCUT2D eigenvalue weighted by Gasteiger charge is -2.25. The lowest BCUT2D eigenvalue weighted by molar-refractivity contribution is -0.131. The Balaban J connectivity index is 1.74. The molecular weight excluding hydrogens is 260 g/mol. The van der Waals surface area contributed by atoms with Gasteiger partial charge in [0.25, 0.3) is 0 Å². The van der Waals surface area contributed by atoms with Crippen LogP contribution in [0.4, 0.5) is 11.4 Å². The average molecular weight is 280 g/mol. The van der Waals surface area contributed by atoms with E-state index in [1.54, 1.807) is 25.3 Å². The molecule has 1 amide bonds. The first kappa shape index (κ1) is 14.6. The summed E-state index contributed by atoms with van der Waals surface area (Å²) in [4.78, 5) is 11.8.